The Balaban J connectivity index is 2.63. The van der Waals surface area contributed by atoms with E-state index in [-0.39, 0.29) is 0 Å². The number of rotatable bonds is 3. The summed E-state index contributed by atoms with van der Waals surface area (Å²) in [6, 6.07) is 8.95. The number of carbonyl (C=O) groups is 1. The quantitative estimate of drug-likeness (QED) is 0.313. The third-order valence-electron chi connectivity index (χ3n) is 1.09. The van der Waals surface area contributed by atoms with E-state index in [9.17, 15) is 4.79 Å². The van der Waals surface area contributed by atoms with Crippen molar-refractivity contribution < 1.29 is 12.3 Å². The maximum Gasteiger partial charge on any atom is 0.303 e. The number of benzene rings is 1. The van der Waals surface area contributed by atoms with Crippen molar-refractivity contribution in [1.29, 1.82) is 0 Å². The Kier molecular flexibility index (Phi) is 2.63. The molecule has 0 saturated heterocycles. The number of ether oxygens (including phenoxy) is 1. The van der Waals surface area contributed by atoms with Crippen molar-refractivity contribution in [1.82, 2.24) is 0 Å². The van der Waals surface area contributed by atoms with Gasteiger partial charge >= 0.3 is 5.97 Å². The summed E-state index contributed by atoms with van der Waals surface area (Å²) in [5.74, 6) is -2.63. The molecular formula is C9H10O2S. The lowest BCUT2D eigenvalue weighted by atomic mass is 10.4. The minimum atomic E-state index is -2.01. The van der Waals surface area contributed by atoms with Crippen LogP contribution in [0.1, 0.15) is 9.67 Å². The van der Waals surface area contributed by atoms with Crippen LogP contribution in [-0.2, 0) is 9.53 Å². The van der Waals surface area contributed by atoms with Gasteiger partial charge in [-0.15, -0.1) is 0 Å². The summed E-state index contributed by atoms with van der Waals surface area (Å²) < 4.78 is 19.3. The highest BCUT2D eigenvalue weighted by Gasteiger charge is 1.94. The molecule has 0 unspecified atom stereocenters. The Morgan fingerprint density at radius 2 is 2.25 bits per heavy atom. The second-order valence-corrected chi connectivity index (χ2v) is 2.93. The molecular weight excluding hydrogens is 173 g/mol. The zero-order valence-electron chi connectivity index (χ0n) is 8.61. The molecule has 0 aromatic heterocycles. The Morgan fingerprint density at radius 3 is 2.83 bits per heavy atom. The minimum Gasteiger partial charge on any atom is -0.454 e. The first-order valence-corrected chi connectivity index (χ1v) is 4.25. The average molecular weight is 185 g/mol. The van der Waals surface area contributed by atoms with Gasteiger partial charge in [-0.2, -0.15) is 0 Å². The molecule has 0 aliphatic heterocycles. The maximum absolute atomic E-state index is 10.6. The lowest BCUT2D eigenvalue weighted by Crippen LogP contribution is -1.96. The van der Waals surface area contributed by atoms with Crippen LogP contribution in [0.2, 0.25) is 0 Å². The van der Waals surface area contributed by atoms with E-state index in [0.29, 0.717) is 0 Å². The Bertz CT molecular complexity index is 314. The summed E-state index contributed by atoms with van der Waals surface area (Å²) in [6.07, 6.45) is 0. The van der Waals surface area contributed by atoms with Gasteiger partial charge in [0.05, 0.1) is 2.74 Å². The van der Waals surface area contributed by atoms with Gasteiger partial charge in [0.25, 0.3) is 0 Å². The highest BCUT2D eigenvalue weighted by atomic mass is 32.2. The summed E-state index contributed by atoms with van der Waals surface area (Å²) in [6.45, 7) is 1.18. The van der Waals surface area contributed by atoms with Crippen molar-refractivity contribution in [3.05, 3.63) is 30.3 Å². The van der Waals surface area contributed by atoms with Crippen LogP contribution in [0.5, 0.6) is 0 Å². The summed E-state index contributed by atoms with van der Waals surface area (Å²) in [5, 5.41) is 0. The monoisotopic (exact) mass is 185 g/mol. The summed E-state index contributed by atoms with van der Waals surface area (Å²) in [7, 11) is 0. The maximum atomic E-state index is 10.6. The summed E-state index contributed by atoms with van der Waals surface area (Å²) in [4.78, 5) is 11.3. The smallest absolute Gasteiger partial charge is 0.303 e. The molecule has 0 radical (unpaired) electrons. The first-order valence-electron chi connectivity index (χ1n) is 4.43. The van der Waals surface area contributed by atoms with Gasteiger partial charge in [-0.25, -0.2) is 0 Å². The minimum absolute atomic E-state index is 0.626. The highest BCUT2D eigenvalue weighted by molar-refractivity contribution is 7.99. The number of hydrogen-bond acceptors (Lipinski definition) is 3. The van der Waals surface area contributed by atoms with Gasteiger partial charge in [0.15, 0.2) is 0 Å². The molecule has 1 aromatic carbocycles. The third-order valence-corrected chi connectivity index (χ3v) is 1.76. The Morgan fingerprint density at radius 1 is 1.58 bits per heavy atom. The lowest BCUT2D eigenvalue weighted by Gasteiger charge is -2.00. The molecule has 1 rings (SSSR count). The zero-order valence-corrected chi connectivity index (χ0v) is 7.43. The third kappa shape index (κ3) is 3.44. The lowest BCUT2D eigenvalue weighted by molar-refractivity contribution is -0.138. The molecule has 0 bridgehead atoms. The van der Waals surface area contributed by atoms with Gasteiger partial charge in [0.1, 0.15) is 5.89 Å². The van der Waals surface area contributed by atoms with Gasteiger partial charge in [0, 0.05) is 11.8 Å². The van der Waals surface area contributed by atoms with E-state index in [0.717, 1.165) is 16.7 Å². The van der Waals surface area contributed by atoms with Gasteiger partial charge in [-0.1, -0.05) is 30.0 Å². The highest BCUT2D eigenvalue weighted by Crippen LogP contribution is 2.16. The standard InChI is InChI=1S/C9H10O2S/c1-8(10)11-7-12-9-5-3-2-4-6-9/h2-6H,7H2,1H3/i7+1D2. The fourth-order valence-corrected chi connectivity index (χ4v) is 1.16. The average Bonchev–Trinajstić information content (AvgIpc) is 2.02. The van der Waals surface area contributed by atoms with Crippen molar-refractivity contribution in [2.45, 2.75) is 11.8 Å². The van der Waals surface area contributed by atoms with Crippen LogP contribution in [0.15, 0.2) is 35.2 Å². The molecule has 2 nitrogen and oxygen atoms in total. The first-order chi connectivity index (χ1) is 6.49. The van der Waals surface area contributed by atoms with Crippen LogP contribution < -0.4 is 0 Å². The number of esters is 1. The Hall–Kier alpha value is -0.960. The number of hydrogen-bond donors (Lipinski definition) is 0. The van der Waals surface area contributed by atoms with Crippen LogP contribution in [0.25, 0.3) is 0 Å². The van der Waals surface area contributed by atoms with Crippen LogP contribution in [-0.4, -0.2) is 11.9 Å². The molecule has 0 N–H and O–H groups in total. The van der Waals surface area contributed by atoms with Crippen molar-refractivity contribution in [2.24, 2.45) is 0 Å². The molecule has 0 spiro atoms. The van der Waals surface area contributed by atoms with Gasteiger partial charge in [-0.3, -0.25) is 4.79 Å². The van der Waals surface area contributed by atoms with Gasteiger partial charge in [0.2, 0.25) is 0 Å². The number of thioether (sulfide) groups is 1. The van der Waals surface area contributed by atoms with Crippen LogP contribution in [0.3, 0.4) is 0 Å². The van der Waals surface area contributed by atoms with Crippen molar-refractivity contribution in [3.63, 3.8) is 0 Å². The fraction of sp³-hybridized carbons (Fsp3) is 0.222. The SMILES string of the molecule is [2H][13C]([2H])(OC(C)=O)Sc1ccccc1. The van der Waals surface area contributed by atoms with Crippen molar-refractivity contribution in [3.8, 4) is 0 Å². The van der Waals surface area contributed by atoms with Crippen LogP contribution in [0, 0.1) is 0 Å². The molecule has 0 saturated carbocycles. The summed E-state index contributed by atoms with van der Waals surface area (Å²) >= 11 is 0.864. The molecule has 64 valence electrons. The molecule has 0 amide bonds. The molecule has 0 fully saturated rings. The van der Waals surface area contributed by atoms with Crippen LogP contribution >= 0.6 is 11.8 Å². The summed E-state index contributed by atoms with van der Waals surface area (Å²) in [5.41, 5.74) is 0. The zero-order chi connectivity index (χ0) is 10.6. The van der Waals surface area contributed by atoms with Gasteiger partial charge < -0.3 is 4.74 Å². The molecule has 0 atom stereocenters. The van der Waals surface area contributed by atoms with E-state index in [2.05, 4.69) is 4.74 Å². The number of carbonyl (C=O) groups excluding carboxylic acids is 1. The van der Waals surface area contributed by atoms with E-state index in [1.807, 2.05) is 6.07 Å². The predicted octanol–water partition coefficient (Wildman–Crippen LogP) is 2.30. The molecule has 0 aliphatic rings. The normalized spacial score (nSPS) is 13.1. The molecule has 12 heavy (non-hydrogen) atoms. The topological polar surface area (TPSA) is 26.3 Å². The Labute approximate surface area is 78.7 Å². The molecule has 0 heterocycles. The van der Waals surface area contributed by atoms with Gasteiger partial charge in [-0.05, 0) is 12.1 Å². The van der Waals surface area contributed by atoms with E-state index in [1.165, 1.54) is 6.92 Å². The molecule has 3 heteroatoms. The van der Waals surface area contributed by atoms with Crippen LogP contribution in [0.4, 0.5) is 0 Å². The van der Waals surface area contributed by atoms with Crippen molar-refractivity contribution in [2.75, 3.05) is 5.89 Å². The second kappa shape index (κ2) is 4.83. The predicted molar refractivity (Wildman–Crippen MR) is 48.9 cm³/mol. The van der Waals surface area contributed by atoms with E-state index in [1.54, 1.807) is 24.3 Å². The van der Waals surface area contributed by atoms with E-state index < -0.39 is 11.9 Å². The molecule has 0 aliphatic carbocycles. The van der Waals surface area contributed by atoms with E-state index >= 15 is 0 Å². The second-order valence-electron chi connectivity index (χ2n) is 2.09. The van der Waals surface area contributed by atoms with Crippen molar-refractivity contribution >= 4 is 17.7 Å². The molecule has 1 aromatic rings. The largest absolute Gasteiger partial charge is 0.454 e. The first kappa shape index (κ1) is 6.54. The fourth-order valence-electron chi connectivity index (χ4n) is 0.616. The van der Waals surface area contributed by atoms with E-state index in [4.69, 9.17) is 2.74 Å².